The van der Waals surface area contributed by atoms with E-state index in [0.29, 0.717) is 33.3 Å². The molecule has 1 heterocycles. The Hall–Kier alpha value is -3.64. The topological polar surface area (TPSA) is 81.4 Å². The maximum atomic E-state index is 12.8. The Morgan fingerprint density at radius 1 is 1.00 bits per heavy atom. The Bertz CT molecular complexity index is 1200. The standard InChI is InChI=1S/C23H17ClN2O4/c1-14(21(27)25-18-11-5-4-10-17(18)24)29-23(28)16-9-3-2-8-15(16)22-26-19-12-6-7-13-20(19)30-22/h2-14H,1H3,(H,25,27). The summed E-state index contributed by atoms with van der Waals surface area (Å²) in [6, 6.07) is 20.9. The zero-order valence-electron chi connectivity index (χ0n) is 16.0. The van der Waals surface area contributed by atoms with Crippen molar-refractivity contribution in [3.63, 3.8) is 0 Å². The lowest BCUT2D eigenvalue weighted by molar-refractivity contribution is -0.123. The molecule has 1 unspecified atom stereocenters. The van der Waals surface area contributed by atoms with E-state index < -0.39 is 18.0 Å². The zero-order chi connectivity index (χ0) is 21.1. The van der Waals surface area contributed by atoms with Gasteiger partial charge < -0.3 is 14.5 Å². The van der Waals surface area contributed by atoms with Crippen molar-refractivity contribution < 1.29 is 18.7 Å². The van der Waals surface area contributed by atoms with Crippen LogP contribution in [0.2, 0.25) is 5.02 Å². The minimum Gasteiger partial charge on any atom is -0.449 e. The van der Waals surface area contributed by atoms with Crippen molar-refractivity contribution in [2.75, 3.05) is 5.32 Å². The molecule has 0 aliphatic carbocycles. The first kappa shape index (κ1) is 19.7. The smallest absolute Gasteiger partial charge is 0.339 e. The van der Waals surface area contributed by atoms with Crippen LogP contribution in [0, 0.1) is 0 Å². The summed E-state index contributed by atoms with van der Waals surface area (Å²) in [4.78, 5) is 29.7. The van der Waals surface area contributed by atoms with Crippen molar-refractivity contribution in [3.05, 3.63) is 83.4 Å². The number of esters is 1. The van der Waals surface area contributed by atoms with Crippen LogP contribution >= 0.6 is 11.6 Å². The number of halogens is 1. The summed E-state index contributed by atoms with van der Waals surface area (Å²) in [5.41, 5.74) is 2.48. The van der Waals surface area contributed by atoms with Crippen LogP contribution in [0.5, 0.6) is 0 Å². The van der Waals surface area contributed by atoms with Crippen molar-refractivity contribution >= 4 is 40.3 Å². The van der Waals surface area contributed by atoms with Gasteiger partial charge in [-0.3, -0.25) is 4.79 Å². The highest BCUT2D eigenvalue weighted by molar-refractivity contribution is 6.33. The zero-order valence-corrected chi connectivity index (χ0v) is 16.7. The number of carbonyl (C=O) groups is 2. The normalized spacial score (nSPS) is 11.8. The van der Waals surface area contributed by atoms with Crippen LogP contribution in [-0.2, 0) is 9.53 Å². The Balaban J connectivity index is 1.54. The number of hydrogen-bond donors (Lipinski definition) is 1. The lowest BCUT2D eigenvalue weighted by Crippen LogP contribution is -2.30. The summed E-state index contributed by atoms with van der Waals surface area (Å²) < 4.78 is 11.2. The highest BCUT2D eigenvalue weighted by Gasteiger charge is 2.23. The third-order valence-electron chi connectivity index (χ3n) is 4.46. The number of nitrogens with one attached hydrogen (secondary N) is 1. The first-order valence-electron chi connectivity index (χ1n) is 9.24. The van der Waals surface area contributed by atoms with E-state index in [9.17, 15) is 9.59 Å². The van der Waals surface area contributed by atoms with Gasteiger partial charge in [-0.2, -0.15) is 0 Å². The van der Waals surface area contributed by atoms with Gasteiger partial charge in [-0.25, -0.2) is 9.78 Å². The second kappa shape index (κ2) is 8.39. The van der Waals surface area contributed by atoms with Gasteiger partial charge >= 0.3 is 5.97 Å². The molecule has 30 heavy (non-hydrogen) atoms. The number of carbonyl (C=O) groups excluding carboxylic acids is 2. The Kier molecular flexibility index (Phi) is 5.50. The number of nitrogens with zero attached hydrogens (tertiary/aromatic N) is 1. The number of aromatic nitrogens is 1. The van der Waals surface area contributed by atoms with Gasteiger partial charge in [0.15, 0.2) is 11.7 Å². The first-order chi connectivity index (χ1) is 14.5. The predicted octanol–water partition coefficient (Wildman–Crippen LogP) is 5.33. The molecule has 4 aromatic rings. The van der Waals surface area contributed by atoms with Crippen molar-refractivity contribution in [1.29, 1.82) is 0 Å². The van der Waals surface area contributed by atoms with Crippen molar-refractivity contribution in [1.82, 2.24) is 4.98 Å². The van der Waals surface area contributed by atoms with Gasteiger partial charge in [-0.05, 0) is 43.3 Å². The molecule has 1 aromatic heterocycles. The summed E-state index contributed by atoms with van der Waals surface area (Å²) in [5, 5.41) is 3.05. The number of fused-ring (bicyclic) bond motifs is 1. The molecule has 150 valence electrons. The van der Waals surface area contributed by atoms with E-state index >= 15 is 0 Å². The van der Waals surface area contributed by atoms with Gasteiger partial charge in [0.05, 0.1) is 21.8 Å². The number of anilines is 1. The van der Waals surface area contributed by atoms with Crippen LogP contribution < -0.4 is 5.32 Å². The molecule has 0 aliphatic heterocycles. The Morgan fingerprint density at radius 3 is 2.50 bits per heavy atom. The van der Waals surface area contributed by atoms with E-state index in [0.717, 1.165) is 0 Å². The molecule has 3 aromatic carbocycles. The van der Waals surface area contributed by atoms with Gasteiger partial charge in [0.25, 0.3) is 5.91 Å². The summed E-state index contributed by atoms with van der Waals surface area (Å²) in [5.74, 6) is -0.845. The quantitative estimate of drug-likeness (QED) is 0.441. The highest BCUT2D eigenvalue weighted by atomic mass is 35.5. The largest absolute Gasteiger partial charge is 0.449 e. The van der Waals surface area contributed by atoms with E-state index in [4.69, 9.17) is 20.8 Å². The molecule has 0 spiro atoms. The molecule has 0 aliphatic rings. The molecular weight excluding hydrogens is 404 g/mol. The minimum absolute atomic E-state index is 0.251. The first-order valence-corrected chi connectivity index (χ1v) is 9.62. The average Bonchev–Trinajstić information content (AvgIpc) is 3.19. The van der Waals surface area contributed by atoms with Crippen LogP contribution in [0.1, 0.15) is 17.3 Å². The monoisotopic (exact) mass is 420 g/mol. The predicted molar refractivity (Wildman–Crippen MR) is 114 cm³/mol. The van der Waals surface area contributed by atoms with E-state index in [2.05, 4.69) is 10.3 Å². The molecule has 0 saturated heterocycles. The Labute approximate surface area is 177 Å². The summed E-state index contributed by atoms with van der Waals surface area (Å²) in [7, 11) is 0. The average molecular weight is 421 g/mol. The molecule has 1 atom stereocenters. The molecule has 0 bridgehead atoms. The Morgan fingerprint density at radius 2 is 1.70 bits per heavy atom. The maximum Gasteiger partial charge on any atom is 0.339 e. The number of ether oxygens (including phenoxy) is 1. The molecule has 4 rings (SSSR count). The molecule has 0 fully saturated rings. The van der Waals surface area contributed by atoms with E-state index in [1.54, 1.807) is 54.6 Å². The summed E-state index contributed by atoms with van der Waals surface area (Å²) in [6.45, 7) is 1.49. The third kappa shape index (κ3) is 4.04. The molecular formula is C23H17ClN2O4. The number of hydrogen-bond acceptors (Lipinski definition) is 5. The SMILES string of the molecule is CC(OC(=O)c1ccccc1-c1nc2ccccc2o1)C(=O)Nc1ccccc1Cl. The van der Waals surface area contributed by atoms with Gasteiger partial charge in [-0.1, -0.05) is 48.0 Å². The molecule has 1 amide bonds. The van der Waals surface area contributed by atoms with Crippen LogP contribution in [-0.4, -0.2) is 23.0 Å². The summed E-state index contributed by atoms with van der Waals surface area (Å²) in [6.07, 6.45) is -1.04. The van der Waals surface area contributed by atoms with Crippen LogP contribution in [0.15, 0.2) is 77.2 Å². The fourth-order valence-electron chi connectivity index (χ4n) is 2.91. The molecule has 6 nitrogen and oxygen atoms in total. The molecule has 1 N–H and O–H groups in total. The maximum absolute atomic E-state index is 12.8. The summed E-state index contributed by atoms with van der Waals surface area (Å²) >= 11 is 6.06. The van der Waals surface area contributed by atoms with Gasteiger partial charge in [-0.15, -0.1) is 0 Å². The van der Waals surface area contributed by atoms with Crippen molar-refractivity contribution in [2.24, 2.45) is 0 Å². The van der Waals surface area contributed by atoms with Gasteiger partial charge in [0.1, 0.15) is 5.52 Å². The fraction of sp³-hybridized carbons (Fsp3) is 0.0870. The number of rotatable bonds is 5. The van der Waals surface area contributed by atoms with Gasteiger partial charge in [0.2, 0.25) is 5.89 Å². The van der Waals surface area contributed by atoms with Gasteiger partial charge in [0, 0.05) is 0 Å². The van der Waals surface area contributed by atoms with E-state index in [-0.39, 0.29) is 5.56 Å². The van der Waals surface area contributed by atoms with Crippen LogP contribution in [0.4, 0.5) is 5.69 Å². The van der Waals surface area contributed by atoms with E-state index in [1.807, 2.05) is 18.2 Å². The number of para-hydroxylation sites is 3. The van der Waals surface area contributed by atoms with Crippen LogP contribution in [0.3, 0.4) is 0 Å². The molecule has 0 radical (unpaired) electrons. The third-order valence-corrected chi connectivity index (χ3v) is 4.79. The number of amides is 1. The van der Waals surface area contributed by atoms with E-state index in [1.165, 1.54) is 6.92 Å². The number of oxazole rings is 1. The number of benzene rings is 3. The fourth-order valence-corrected chi connectivity index (χ4v) is 3.09. The highest BCUT2D eigenvalue weighted by Crippen LogP contribution is 2.28. The lowest BCUT2D eigenvalue weighted by Gasteiger charge is -2.15. The van der Waals surface area contributed by atoms with Crippen molar-refractivity contribution in [3.8, 4) is 11.5 Å². The van der Waals surface area contributed by atoms with Crippen LogP contribution in [0.25, 0.3) is 22.6 Å². The van der Waals surface area contributed by atoms with Crippen molar-refractivity contribution in [2.45, 2.75) is 13.0 Å². The molecule has 0 saturated carbocycles. The lowest BCUT2D eigenvalue weighted by atomic mass is 10.1. The second-order valence-corrected chi connectivity index (χ2v) is 6.96. The molecule has 7 heteroatoms. The minimum atomic E-state index is -1.04. The second-order valence-electron chi connectivity index (χ2n) is 6.55.